The van der Waals surface area contributed by atoms with Gasteiger partial charge in [0.05, 0.1) is 11.5 Å². The summed E-state index contributed by atoms with van der Waals surface area (Å²) in [6, 6.07) is 5.32. The van der Waals surface area contributed by atoms with Gasteiger partial charge in [-0.25, -0.2) is 0 Å². The normalized spacial score (nSPS) is 21.3. The van der Waals surface area contributed by atoms with Gasteiger partial charge in [-0.1, -0.05) is 18.2 Å². The van der Waals surface area contributed by atoms with Gasteiger partial charge in [0.15, 0.2) is 0 Å². The molecule has 1 amide bonds. The molecular formula is C17H20F3NO3. The molecule has 0 spiro atoms. The summed E-state index contributed by atoms with van der Waals surface area (Å²) in [7, 11) is 0. The van der Waals surface area contributed by atoms with Gasteiger partial charge in [0.25, 0.3) is 0 Å². The molecule has 7 heteroatoms. The molecule has 24 heavy (non-hydrogen) atoms. The molecule has 2 rings (SSSR count). The maximum atomic E-state index is 12.9. The Morgan fingerprint density at radius 1 is 1.08 bits per heavy atom. The number of hydrogen-bond donors (Lipinski definition) is 2. The Kier molecular flexibility index (Phi) is 5.85. The first-order chi connectivity index (χ1) is 11.3. The van der Waals surface area contributed by atoms with Crippen molar-refractivity contribution in [3.05, 3.63) is 35.4 Å². The van der Waals surface area contributed by atoms with E-state index in [1.165, 1.54) is 12.1 Å². The highest BCUT2D eigenvalue weighted by molar-refractivity contribution is 5.79. The minimum Gasteiger partial charge on any atom is -0.481 e. The molecule has 0 aliphatic heterocycles. The second-order valence-electron chi connectivity index (χ2n) is 6.08. The van der Waals surface area contributed by atoms with Crippen LogP contribution in [0.5, 0.6) is 0 Å². The Bertz CT molecular complexity index is 593. The summed E-state index contributed by atoms with van der Waals surface area (Å²) in [4.78, 5) is 22.9. The van der Waals surface area contributed by atoms with Gasteiger partial charge in [-0.3, -0.25) is 9.59 Å². The van der Waals surface area contributed by atoms with Crippen LogP contribution in [0, 0.1) is 11.8 Å². The number of carboxylic acid groups (broad SMARTS) is 1. The van der Waals surface area contributed by atoms with Crippen LogP contribution < -0.4 is 5.32 Å². The molecule has 0 radical (unpaired) electrons. The highest BCUT2D eigenvalue weighted by atomic mass is 19.4. The van der Waals surface area contributed by atoms with E-state index in [0.717, 1.165) is 6.07 Å². The Balaban J connectivity index is 1.83. The van der Waals surface area contributed by atoms with Crippen LogP contribution in [0.4, 0.5) is 13.2 Å². The van der Waals surface area contributed by atoms with E-state index in [4.69, 9.17) is 5.11 Å². The number of carbonyl (C=O) groups excluding carboxylic acids is 1. The molecule has 0 saturated heterocycles. The predicted molar refractivity (Wildman–Crippen MR) is 81.2 cm³/mol. The van der Waals surface area contributed by atoms with Crippen LogP contribution in [0.15, 0.2) is 24.3 Å². The first-order valence-electron chi connectivity index (χ1n) is 7.94. The number of aliphatic carboxylic acids is 1. The van der Waals surface area contributed by atoms with Crippen molar-refractivity contribution < 1.29 is 27.9 Å². The average molecular weight is 343 g/mol. The van der Waals surface area contributed by atoms with Crippen LogP contribution in [0.1, 0.15) is 36.8 Å². The summed E-state index contributed by atoms with van der Waals surface area (Å²) in [5.41, 5.74) is -0.527. The Morgan fingerprint density at radius 3 is 2.25 bits per heavy atom. The molecule has 1 aromatic rings. The second kappa shape index (κ2) is 7.68. The van der Waals surface area contributed by atoms with Crippen LogP contribution in [-0.4, -0.2) is 23.5 Å². The monoisotopic (exact) mass is 343 g/mol. The SMILES string of the molecule is O=C(O)C1CCC(C(=O)NCCc2ccccc2C(F)(F)F)CC1. The lowest BCUT2D eigenvalue weighted by Crippen LogP contribution is -2.35. The van der Waals surface area contributed by atoms with Gasteiger partial charge in [0.1, 0.15) is 0 Å². The van der Waals surface area contributed by atoms with Crippen LogP contribution in [-0.2, 0) is 22.2 Å². The zero-order chi connectivity index (χ0) is 17.7. The number of amides is 1. The smallest absolute Gasteiger partial charge is 0.416 e. The lowest BCUT2D eigenvalue weighted by molar-refractivity contribution is -0.144. The highest BCUT2D eigenvalue weighted by Gasteiger charge is 2.33. The number of carboxylic acids is 1. The second-order valence-corrected chi connectivity index (χ2v) is 6.08. The molecule has 132 valence electrons. The minimum absolute atomic E-state index is 0.103. The molecule has 0 unspecified atom stereocenters. The van der Waals surface area contributed by atoms with Crippen LogP contribution in [0.3, 0.4) is 0 Å². The van der Waals surface area contributed by atoms with Crippen molar-refractivity contribution in [1.82, 2.24) is 5.32 Å². The molecule has 1 aliphatic carbocycles. The lowest BCUT2D eigenvalue weighted by atomic mass is 9.81. The molecule has 1 fully saturated rings. The molecule has 0 heterocycles. The van der Waals surface area contributed by atoms with Gasteiger partial charge in [-0.05, 0) is 43.7 Å². The third-order valence-electron chi connectivity index (χ3n) is 4.46. The van der Waals surface area contributed by atoms with E-state index in [1.54, 1.807) is 6.07 Å². The van der Waals surface area contributed by atoms with Crippen LogP contribution in [0.2, 0.25) is 0 Å². The molecule has 1 aliphatic rings. The van der Waals surface area contributed by atoms with Gasteiger partial charge in [0, 0.05) is 12.5 Å². The molecular weight excluding hydrogens is 323 g/mol. The molecule has 1 saturated carbocycles. The maximum absolute atomic E-state index is 12.9. The molecule has 4 nitrogen and oxygen atoms in total. The zero-order valence-electron chi connectivity index (χ0n) is 13.1. The van der Waals surface area contributed by atoms with Gasteiger partial charge in [-0.2, -0.15) is 13.2 Å². The summed E-state index contributed by atoms with van der Waals surface area (Å²) in [6.07, 6.45) is -2.37. The van der Waals surface area contributed by atoms with Crippen LogP contribution >= 0.6 is 0 Å². The van der Waals surface area contributed by atoms with E-state index >= 15 is 0 Å². The van der Waals surface area contributed by atoms with E-state index < -0.39 is 23.6 Å². The number of rotatable bonds is 5. The fourth-order valence-corrected chi connectivity index (χ4v) is 3.08. The van der Waals surface area contributed by atoms with Crippen molar-refractivity contribution in [3.63, 3.8) is 0 Å². The van der Waals surface area contributed by atoms with Gasteiger partial charge in [0.2, 0.25) is 5.91 Å². The highest BCUT2D eigenvalue weighted by Crippen LogP contribution is 2.32. The van der Waals surface area contributed by atoms with E-state index in [2.05, 4.69) is 5.32 Å². The van der Waals surface area contributed by atoms with Crippen molar-refractivity contribution >= 4 is 11.9 Å². The first-order valence-corrected chi connectivity index (χ1v) is 7.94. The number of carbonyl (C=O) groups is 2. The fourth-order valence-electron chi connectivity index (χ4n) is 3.08. The largest absolute Gasteiger partial charge is 0.481 e. The first kappa shape index (κ1) is 18.3. The number of benzene rings is 1. The van der Waals surface area contributed by atoms with E-state index in [1.807, 2.05) is 0 Å². The number of nitrogens with one attached hydrogen (secondary N) is 1. The van der Waals surface area contributed by atoms with E-state index in [-0.39, 0.29) is 30.4 Å². The van der Waals surface area contributed by atoms with Gasteiger partial charge < -0.3 is 10.4 Å². The Labute approximate surface area is 138 Å². The summed E-state index contributed by atoms with van der Waals surface area (Å²) in [6.45, 7) is 0.130. The summed E-state index contributed by atoms with van der Waals surface area (Å²) in [5, 5.41) is 11.6. The maximum Gasteiger partial charge on any atom is 0.416 e. The Hall–Kier alpha value is -2.05. The summed E-state index contributed by atoms with van der Waals surface area (Å²) in [5.74, 6) is -1.69. The minimum atomic E-state index is -4.41. The van der Waals surface area contributed by atoms with Gasteiger partial charge >= 0.3 is 12.1 Å². The summed E-state index contributed by atoms with van der Waals surface area (Å²) >= 11 is 0. The molecule has 1 aromatic carbocycles. The lowest BCUT2D eigenvalue weighted by Gasteiger charge is -2.25. The Morgan fingerprint density at radius 2 is 1.67 bits per heavy atom. The number of halogens is 3. The molecule has 0 atom stereocenters. The predicted octanol–water partition coefficient (Wildman–Crippen LogP) is 3.26. The average Bonchev–Trinajstić information content (AvgIpc) is 2.54. The third-order valence-corrected chi connectivity index (χ3v) is 4.46. The molecule has 2 N–H and O–H groups in total. The molecule has 0 aromatic heterocycles. The van der Waals surface area contributed by atoms with Crippen molar-refractivity contribution in [1.29, 1.82) is 0 Å². The summed E-state index contributed by atoms with van der Waals surface area (Å²) < 4.78 is 38.7. The van der Waals surface area contributed by atoms with Crippen molar-refractivity contribution in [3.8, 4) is 0 Å². The fraction of sp³-hybridized carbons (Fsp3) is 0.529. The zero-order valence-corrected chi connectivity index (χ0v) is 13.1. The topological polar surface area (TPSA) is 66.4 Å². The molecule has 0 bridgehead atoms. The third kappa shape index (κ3) is 4.72. The van der Waals surface area contributed by atoms with Crippen molar-refractivity contribution in [2.75, 3.05) is 6.54 Å². The van der Waals surface area contributed by atoms with E-state index in [0.29, 0.717) is 25.7 Å². The van der Waals surface area contributed by atoms with Crippen molar-refractivity contribution in [2.45, 2.75) is 38.3 Å². The number of alkyl halides is 3. The van der Waals surface area contributed by atoms with Crippen molar-refractivity contribution in [2.24, 2.45) is 11.8 Å². The number of hydrogen-bond acceptors (Lipinski definition) is 2. The van der Waals surface area contributed by atoms with Gasteiger partial charge in [-0.15, -0.1) is 0 Å². The standard InChI is InChI=1S/C17H20F3NO3/c18-17(19,20)14-4-2-1-3-11(14)9-10-21-15(22)12-5-7-13(8-6-12)16(23)24/h1-4,12-13H,5-10H2,(H,21,22)(H,23,24). The van der Waals surface area contributed by atoms with Crippen LogP contribution in [0.25, 0.3) is 0 Å². The quantitative estimate of drug-likeness (QED) is 0.862. The van der Waals surface area contributed by atoms with E-state index in [9.17, 15) is 22.8 Å².